The highest BCUT2D eigenvalue weighted by Crippen LogP contribution is 2.27. The van der Waals surface area contributed by atoms with Crippen molar-refractivity contribution >= 4 is 21.4 Å². The Morgan fingerprint density at radius 3 is 2.32 bits per heavy atom. The van der Waals surface area contributed by atoms with Gasteiger partial charge in [0.1, 0.15) is 5.82 Å². The van der Waals surface area contributed by atoms with Crippen LogP contribution in [-0.2, 0) is 14.8 Å². The number of piperidine rings is 1. The number of anilines is 2. The first-order chi connectivity index (χ1) is 14.9. The summed E-state index contributed by atoms with van der Waals surface area (Å²) >= 11 is 0. The Kier molecular flexibility index (Phi) is 6.79. The molecule has 0 bridgehead atoms. The van der Waals surface area contributed by atoms with E-state index in [0.29, 0.717) is 17.8 Å². The zero-order valence-corrected chi connectivity index (χ0v) is 18.7. The summed E-state index contributed by atoms with van der Waals surface area (Å²) in [6, 6.07) is 13.5. The average molecular weight is 448 g/mol. The normalized spacial score (nSPS) is 19.0. The Bertz CT molecular complexity index is 970. The van der Waals surface area contributed by atoms with Crippen molar-refractivity contribution in [3.8, 4) is 0 Å². The summed E-state index contributed by atoms with van der Waals surface area (Å²) in [4.78, 5) is 4.88. The number of ether oxygens (including phenoxy) is 1. The lowest BCUT2D eigenvalue weighted by atomic mass is 9.98. The SMILES string of the molecule is CN(C1CCOCC1)C1CCN(c2cccc(NS(=O)(=O)c3ccc(F)cc3)c2)CC1. The van der Waals surface area contributed by atoms with Crippen LogP contribution in [0.15, 0.2) is 53.4 Å². The summed E-state index contributed by atoms with van der Waals surface area (Å²) in [7, 11) is -1.52. The smallest absolute Gasteiger partial charge is 0.261 e. The van der Waals surface area contributed by atoms with Gasteiger partial charge in [-0.05, 0) is 75.2 Å². The molecule has 31 heavy (non-hydrogen) atoms. The summed E-state index contributed by atoms with van der Waals surface area (Å²) in [6.45, 7) is 3.59. The van der Waals surface area contributed by atoms with E-state index >= 15 is 0 Å². The van der Waals surface area contributed by atoms with Gasteiger partial charge in [-0.1, -0.05) is 6.07 Å². The molecule has 168 valence electrons. The number of halogens is 1. The summed E-state index contributed by atoms with van der Waals surface area (Å²) in [5.41, 5.74) is 1.51. The maximum Gasteiger partial charge on any atom is 0.261 e. The van der Waals surface area contributed by atoms with E-state index in [4.69, 9.17) is 4.74 Å². The van der Waals surface area contributed by atoms with Crippen molar-refractivity contribution in [3.63, 3.8) is 0 Å². The van der Waals surface area contributed by atoms with Gasteiger partial charge >= 0.3 is 0 Å². The highest BCUT2D eigenvalue weighted by atomic mass is 32.2. The molecule has 0 amide bonds. The predicted molar refractivity (Wildman–Crippen MR) is 120 cm³/mol. The van der Waals surface area contributed by atoms with Gasteiger partial charge in [0.15, 0.2) is 0 Å². The number of hydrogen-bond donors (Lipinski definition) is 1. The van der Waals surface area contributed by atoms with E-state index in [1.165, 1.54) is 12.1 Å². The maximum absolute atomic E-state index is 13.1. The number of hydrogen-bond acceptors (Lipinski definition) is 5. The summed E-state index contributed by atoms with van der Waals surface area (Å²) < 4.78 is 46.4. The Labute approximate surface area is 184 Å². The van der Waals surface area contributed by atoms with Gasteiger partial charge in [-0.3, -0.25) is 4.72 Å². The first-order valence-corrected chi connectivity index (χ1v) is 12.3. The van der Waals surface area contributed by atoms with Gasteiger partial charge in [-0.25, -0.2) is 12.8 Å². The molecule has 0 saturated carbocycles. The zero-order chi connectivity index (χ0) is 21.8. The Balaban J connectivity index is 1.38. The molecule has 2 aliphatic heterocycles. The third-order valence-electron chi connectivity index (χ3n) is 6.39. The monoisotopic (exact) mass is 447 g/mol. The average Bonchev–Trinajstić information content (AvgIpc) is 2.79. The van der Waals surface area contributed by atoms with E-state index < -0.39 is 15.8 Å². The van der Waals surface area contributed by atoms with E-state index in [0.717, 1.165) is 69.8 Å². The fourth-order valence-electron chi connectivity index (χ4n) is 4.52. The number of rotatable bonds is 6. The molecule has 2 fully saturated rings. The summed E-state index contributed by atoms with van der Waals surface area (Å²) in [6.07, 6.45) is 4.37. The number of sulfonamides is 1. The quantitative estimate of drug-likeness (QED) is 0.732. The second-order valence-corrected chi connectivity index (χ2v) is 10.0. The van der Waals surface area contributed by atoms with Crippen LogP contribution in [0.1, 0.15) is 25.7 Å². The Morgan fingerprint density at radius 1 is 1.00 bits per heavy atom. The molecule has 1 N–H and O–H groups in total. The minimum Gasteiger partial charge on any atom is -0.381 e. The Hall–Kier alpha value is -2.16. The first-order valence-electron chi connectivity index (χ1n) is 10.9. The second kappa shape index (κ2) is 9.54. The summed E-state index contributed by atoms with van der Waals surface area (Å²) in [5.74, 6) is -0.466. The molecule has 2 aromatic rings. The third kappa shape index (κ3) is 5.37. The minimum absolute atomic E-state index is 0.0382. The first kappa shape index (κ1) is 22.0. The van der Waals surface area contributed by atoms with Gasteiger partial charge < -0.3 is 14.5 Å². The predicted octanol–water partition coefficient (Wildman–Crippen LogP) is 3.71. The van der Waals surface area contributed by atoms with Gasteiger partial charge in [0.05, 0.1) is 10.6 Å². The molecule has 2 saturated heterocycles. The zero-order valence-electron chi connectivity index (χ0n) is 17.8. The molecular formula is C23H30FN3O3S. The van der Waals surface area contributed by atoms with Crippen molar-refractivity contribution < 1.29 is 17.5 Å². The van der Waals surface area contributed by atoms with Crippen LogP contribution in [0.5, 0.6) is 0 Å². The molecule has 0 spiro atoms. The van der Waals surface area contributed by atoms with Gasteiger partial charge in [0, 0.05) is 44.1 Å². The maximum atomic E-state index is 13.1. The number of benzene rings is 2. The Morgan fingerprint density at radius 2 is 1.65 bits per heavy atom. The topological polar surface area (TPSA) is 61.9 Å². The number of nitrogens with one attached hydrogen (secondary N) is 1. The highest BCUT2D eigenvalue weighted by Gasteiger charge is 2.28. The fraction of sp³-hybridized carbons (Fsp3) is 0.478. The molecule has 2 aromatic carbocycles. The van der Waals surface area contributed by atoms with Crippen LogP contribution in [0, 0.1) is 5.82 Å². The molecule has 0 unspecified atom stereocenters. The van der Waals surface area contributed by atoms with Gasteiger partial charge in [-0.2, -0.15) is 0 Å². The van der Waals surface area contributed by atoms with E-state index in [2.05, 4.69) is 21.6 Å². The lowest BCUT2D eigenvalue weighted by Crippen LogP contribution is -2.48. The molecule has 8 heteroatoms. The van der Waals surface area contributed by atoms with Crippen molar-refractivity contribution in [2.45, 2.75) is 42.7 Å². The molecule has 6 nitrogen and oxygen atoms in total. The van der Waals surface area contributed by atoms with Crippen LogP contribution >= 0.6 is 0 Å². The van der Waals surface area contributed by atoms with E-state index in [1.54, 1.807) is 6.07 Å². The van der Waals surface area contributed by atoms with Crippen LogP contribution in [-0.4, -0.2) is 58.8 Å². The highest BCUT2D eigenvalue weighted by molar-refractivity contribution is 7.92. The molecule has 0 radical (unpaired) electrons. The lowest BCUT2D eigenvalue weighted by Gasteiger charge is -2.42. The van der Waals surface area contributed by atoms with E-state index in [9.17, 15) is 12.8 Å². The molecule has 2 heterocycles. The van der Waals surface area contributed by atoms with Crippen LogP contribution in [0.3, 0.4) is 0 Å². The molecule has 4 rings (SSSR count). The largest absolute Gasteiger partial charge is 0.381 e. The minimum atomic E-state index is -3.76. The van der Waals surface area contributed by atoms with Crippen molar-refractivity contribution in [2.24, 2.45) is 0 Å². The lowest BCUT2D eigenvalue weighted by molar-refractivity contribution is 0.0244. The summed E-state index contributed by atoms with van der Waals surface area (Å²) in [5, 5.41) is 0. The van der Waals surface area contributed by atoms with E-state index in [-0.39, 0.29) is 4.90 Å². The third-order valence-corrected chi connectivity index (χ3v) is 7.79. The fourth-order valence-corrected chi connectivity index (χ4v) is 5.57. The van der Waals surface area contributed by atoms with Crippen molar-refractivity contribution in [1.82, 2.24) is 4.90 Å². The van der Waals surface area contributed by atoms with Crippen LogP contribution < -0.4 is 9.62 Å². The molecule has 0 atom stereocenters. The van der Waals surface area contributed by atoms with Crippen LogP contribution in [0.2, 0.25) is 0 Å². The standard InChI is InChI=1S/C23H30FN3O3S/c1-26(21-11-15-30-16-12-21)20-9-13-27(14-10-20)22-4-2-3-19(17-22)25-31(28,29)23-7-5-18(24)6-8-23/h2-8,17,20-21,25H,9-16H2,1H3. The second-order valence-electron chi connectivity index (χ2n) is 8.34. The van der Waals surface area contributed by atoms with Crippen molar-refractivity contribution in [1.29, 1.82) is 0 Å². The van der Waals surface area contributed by atoms with Gasteiger partial charge in [0.2, 0.25) is 0 Å². The molecule has 2 aliphatic rings. The van der Waals surface area contributed by atoms with Gasteiger partial charge in [-0.15, -0.1) is 0 Å². The number of nitrogens with zero attached hydrogens (tertiary/aromatic N) is 2. The van der Waals surface area contributed by atoms with E-state index in [1.807, 2.05) is 18.2 Å². The van der Waals surface area contributed by atoms with Crippen LogP contribution in [0.25, 0.3) is 0 Å². The van der Waals surface area contributed by atoms with Crippen molar-refractivity contribution in [2.75, 3.05) is 43.0 Å². The molecule has 0 aromatic heterocycles. The molecule has 0 aliphatic carbocycles. The van der Waals surface area contributed by atoms with Crippen LogP contribution in [0.4, 0.5) is 15.8 Å². The van der Waals surface area contributed by atoms with Gasteiger partial charge in [0.25, 0.3) is 10.0 Å². The van der Waals surface area contributed by atoms with Crippen molar-refractivity contribution in [3.05, 3.63) is 54.3 Å². The molecular weight excluding hydrogens is 417 g/mol.